The van der Waals surface area contributed by atoms with E-state index in [0.29, 0.717) is 11.8 Å². The topological polar surface area (TPSA) is 32.3 Å². The summed E-state index contributed by atoms with van der Waals surface area (Å²) in [6.07, 6.45) is 0. The van der Waals surface area contributed by atoms with Crippen molar-refractivity contribution >= 4 is 17.7 Å². The van der Waals surface area contributed by atoms with Gasteiger partial charge in [0.25, 0.3) is 0 Å². The fraction of sp³-hybridized carbons (Fsp3) is 0.462. The highest BCUT2D eigenvalue weighted by atomic mass is 32.2. The maximum Gasteiger partial charge on any atom is 0.233 e. The molecule has 0 unspecified atom stereocenters. The summed E-state index contributed by atoms with van der Waals surface area (Å²) in [5.41, 5.74) is 0. The van der Waals surface area contributed by atoms with Crippen LogP contribution >= 0.6 is 11.8 Å². The van der Waals surface area contributed by atoms with Gasteiger partial charge >= 0.3 is 0 Å². The molecule has 1 amide bonds. The SMILES string of the molecule is C[C@@H]1CN(C(=O)CSc2ccccc2)CCN1. The van der Waals surface area contributed by atoms with E-state index < -0.39 is 0 Å². The van der Waals surface area contributed by atoms with Gasteiger partial charge in [-0.1, -0.05) is 18.2 Å². The van der Waals surface area contributed by atoms with E-state index in [2.05, 4.69) is 12.2 Å². The van der Waals surface area contributed by atoms with Crippen LogP contribution in [-0.4, -0.2) is 42.2 Å². The standard InChI is InChI=1S/C13H18N2OS/c1-11-9-15(8-7-14-11)13(16)10-17-12-5-3-2-4-6-12/h2-6,11,14H,7-10H2,1H3/t11-/m1/s1. The molecule has 1 aromatic rings. The first-order valence-electron chi connectivity index (χ1n) is 5.95. The molecule has 1 heterocycles. The van der Waals surface area contributed by atoms with Gasteiger partial charge in [-0.15, -0.1) is 11.8 Å². The fourth-order valence-electron chi connectivity index (χ4n) is 1.91. The van der Waals surface area contributed by atoms with Crippen molar-refractivity contribution in [2.75, 3.05) is 25.4 Å². The van der Waals surface area contributed by atoms with Gasteiger partial charge in [0, 0.05) is 30.6 Å². The summed E-state index contributed by atoms with van der Waals surface area (Å²) in [4.78, 5) is 15.1. The summed E-state index contributed by atoms with van der Waals surface area (Å²) in [5.74, 6) is 0.781. The molecule has 1 aliphatic rings. The molecule has 17 heavy (non-hydrogen) atoms. The van der Waals surface area contributed by atoms with Crippen LogP contribution < -0.4 is 5.32 Å². The first-order chi connectivity index (χ1) is 8.25. The Morgan fingerprint density at radius 2 is 2.24 bits per heavy atom. The fourth-order valence-corrected chi connectivity index (χ4v) is 2.73. The molecule has 0 radical (unpaired) electrons. The third-order valence-corrected chi connectivity index (χ3v) is 3.82. The molecule has 4 heteroatoms. The molecule has 0 aromatic heterocycles. The van der Waals surface area contributed by atoms with E-state index in [1.54, 1.807) is 11.8 Å². The third kappa shape index (κ3) is 3.75. The van der Waals surface area contributed by atoms with E-state index in [4.69, 9.17) is 0 Å². The summed E-state index contributed by atoms with van der Waals surface area (Å²) in [6, 6.07) is 10.5. The lowest BCUT2D eigenvalue weighted by Gasteiger charge is -2.31. The summed E-state index contributed by atoms with van der Waals surface area (Å²) in [7, 11) is 0. The highest BCUT2D eigenvalue weighted by Crippen LogP contribution is 2.17. The van der Waals surface area contributed by atoms with E-state index in [9.17, 15) is 4.79 Å². The lowest BCUT2D eigenvalue weighted by atomic mass is 10.2. The number of hydrogen-bond donors (Lipinski definition) is 1. The van der Waals surface area contributed by atoms with Gasteiger partial charge < -0.3 is 10.2 Å². The third-order valence-electron chi connectivity index (χ3n) is 2.83. The molecule has 1 atom stereocenters. The molecule has 1 aliphatic heterocycles. The Labute approximate surface area is 107 Å². The Morgan fingerprint density at radius 3 is 2.94 bits per heavy atom. The largest absolute Gasteiger partial charge is 0.339 e. The molecule has 0 bridgehead atoms. The molecule has 1 N–H and O–H groups in total. The van der Waals surface area contributed by atoms with Crippen LogP contribution in [0.15, 0.2) is 35.2 Å². The van der Waals surface area contributed by atoms with Gasteiger partial charge in [0.2, 0.25) is 5.91 Å². The van der Waals surface area contributed by atoms with Crippen molar-refractivity contribution in [1.82, 2.24) is 10.2 Å². The van der Waals surface area contributed by atoms with Gasteiger partial charge in [0.05, 0.1) is 5.75 Å². The van der Waals surface area contributed by atoms with Gasteiger partial charge in [-0.2, -0.15) is 0 Å². The normalized spacial score (nSPS) is 20.3. The number of nitrogens with one attached hydrogen (secondary N) is 1. The van der Waals surface area contributed by atoms with Crippen molar-refractivity contribution in [3.8, 4) is 0 Å². The molecule has 92 valence electrons. The van der Waals surface area contributed by atoms with Crippen LogP contribution in [0.25, 0.3) is 0 Å². The molecular formula is C13H18N2OS. The monoisotopic (exact) mass is 250 g/mol. The van der Waals surface area contributed by atoms with Crippen LogP contribution in [0.3, 0.4) is 0 Å². The minimum absolute atomic E-state index is 0.243. The van der Waals surface area contributed by atoms with Crippen molar-refractivity contribution in [2.24, 2.45) is 0 Å². The molecular weight excluding hydrogens is 232 g/mol. The Morgan fingerprint density at radius 1 is 1.47 bits per heavy atom. The second kappa shape index (κ2) is 6.07. The van der Waals surface area contributed by atoms with E-state index in [1.165, 1.54) is 0 Å². The molecule has 2 rings (SSSR count). The zero-order valence-corrected chi connectivity index (χ0v) is 10.9. The van der Waals surface area contributed by atoms with E-state index in [-0.39, 0.29) is 5.91 Å². The summed E-state index contributed by atoms with van der Waals surface area (Å²) in [6.45, 7) is 4.68. The number of rotatable bonds is 3. The number of thioether (sulfide) groups is 1. The highest BCUT2D eigenvalue weighted by molar-refractivity contribution is 8.00. The van der Waals surface area contributed by atoms with Gasteiger partial charge in [0.1, 0.15) is 0 Å². The molecule has 3 nitrogen and oxygen atoms in total. The zero-order valence-electron chi connectivity index (χ0n) is 10.1. The van der Waals surface area contributed by atoms with Crippen LogP contribution in [0.2, 0.25) is 0 Å². The first kappa shape index (κ1) is 12.5. The number of carbonyl (C=O) groups is 1. The van der Waals surface area contributed by atoms with E-state index in [0.717, 1.165) is 24.5 Å². The van der Waals surface area contributed by atoms with Crippen LogP contribution in [0.5, 0.6) is 0 Å². The Kier molecular flexibility index (Phi) is 4.45. The van der Waals surface area contributed by atoms with Gasteiger partial charge in [-0.25, -0.2) is 0 Å². The zero-order chi connectivity index (χ0) is 12.1. The summed E-state index contributed by atoms with van der Waals surface area (Å²) >= 11 is 1.61. The Bertz CT molecular complexity index is 369. The number of carbonyl (C=O) groups excluding carboxylic acids is 1. The predicted octanol–water partition coefficient (Wildman–Crippen LogP) is 1.60. The van der Waals surface area contributed by atoms with Gasteiger partial charge in [-0.3, -0.25) is 4.79 Å². The number of nitrogens with zero attached hydrogens (tertiary/aromatic N) is 1. The van der Waals surface area contributed by atoms with Crippen molar-refractivity contribution in [1.29, 1.82) is 0 Å². The number of piperazine rings is 1. The lowest BCUT2D eigenvalue weighted by Crippen LogP contribution is -2.51. The number of amides is 1. The first-order valence-corrected chi connectivity index (χ1v) is 6.93. The number of benzene rings is 1. The van der Waals surface area contributed by atoms with E-state index in [1.807, 2.05) is 35.2 Å². The molecule has 1 fully saturated rings. The minimum atomic E-state index is 0.243. The van der Waals surface area contributed by atoms with Crippen molar-refractivity contribution in [3.05, 3.63) is 30.3 Å². The smallest absolute Gasteiger partial charge is 0.233 e. The second-order valence-electron chi connectivity index (χ2n) is 4.30. The molecule has 0 aliphatic carbocycles. The predicted molar refractivity (Wildman–Crippen MR) is 71.2 cm³/mol. The van der Waals surface area contributed by atoms with Crippen LogP contribution in [0.4, 0.5) is 0 Å². The maximum atomic E-state index is 12.0. The van der Waals surface area contributed by atoms with Gasteiger partial charge in [-0.05, 0) is 19.1 Å². The van der Waals surface area contributed by atoms with Crippen LogP contribution in [0.1, 0.15) is 6.92 Å². The maximum absolute atomic E-state index is 12.0. The average Bonchev–Trinajstić information content (AvgIpc) is 2.37. The highest BCUT2D eigenvalue weighted by Gasteiger charge is 2.19. The van der Waals surface area contributed by atoms with Crippen LogP contribution in [-0.2, 0) is 4.79 Å². The van der Waals surface area contributed by atoms with Gasteiger partial charge in [0.15, 0.2) is 0 Å². The quantitative estimate of drug-likeness (QED) is 0.827. The van der Waals surface area contributed by atoms with Crippen LogP contribution in [0, 0.1) is 0 Å². The molecule has 1 saturated heterocycles. The Hall–Kier alpha value is -1.00. The second-order valence-corrected chi connectivity index (χ2v) is 5.35. The molecule has 1 aromatic carbocycles. The summed E-state index contributed by atoms with van der Waals surface area (Å²) < 4.78 is 0. The Balaban J connectivity index is 1.81. The lowest BCUT2D eigenvalue weighted by molar-refractivity contribution is -0.129. The van der Waals surface area contributed by atoms with Crippen molar-refractivity contribution in [2.45, 2.75) is 17.9 Å². The van der Waals surface area contributed by atoms with Crippen molar-refractivity contribution in [3.63, 3.8) is 0 Å². The number of hydrogen-bond acceptors (Lipinski definition) is 3. The average molecular weight is 250 g/mol. The minimum Gasteiger partial charge on any atom is -0.339 e. The van der Waals surface area contributed by atoms with E-state index >= 15 is 0 Å². The summed E-state index contributed by atoms with van der Waals surface area (Å²) in [5, 5.41) is 3.34. The van der Waals surface area contributed by atoms with Crippen molar-refractivity contribution < 1.29 is 4.79 Å². The molecule has 0 spiro atoms. The molecule has 0 saturated carbocycles.